The molecule has 0 unspecified atom stereocenters. The van der Waals surface area contributed by atoms with Crippen LogP contribution in [0.3, 0.4) is 0 Å². The largest absolute Gasteiger partial charge is 0.204 e. The third kappa shape index (κ3) is 2.55. The van der Waals surface area contributed by atoms with Gasteiger partial charge in [-0.25, -0.2) is 13.2 Å². The van der Waals surface area contributed by atoms with Crippen LogP contribution in [0.25, 0.3) is 11.1 Å². The highest BCUT2D eigenvalue weighted by atomic mass is 19.2. The van der Waals surface area contributed by atoms with E-state index in [1.165, 1.54) is 5.56 Å². The molecular formula is C15H13F3. The molecule has 3 heteroatoms. The summed E-state index contributed by atoms with van der Waals surface area (Å²) in [6.07, 6.45) is 2.01. The Morgan fingerprint density at radius 2 is 1.39 bits per heavy atom. The highest BCUT2D eigenvalue weighted by Crippen LogP contribution is 2.24. The summed E-state index contributed by atoms with van der Waals surface area (Å²) in [5, 5.41) is 0. The molecule has 94 valence electrons. The maximum absolute atomic E-state index is 13.1. The van der Waals surface area contributed by atoms with Gasteiger partial charge in [-0.05, 0) is 35.2 Å². The van der Waals surface area contributed by atoms with Crippen molar-refractivity contribution in [2.75, 3.05) is 0 Å². The molecule has 0 spiro atoms. The minimum atomic E-state index is -1.43. The second-order valence-corrected chi connectivity index (χ2v) is 4.20. The molecule has 0 atom stereocenters. The maximum Gasteiger partial charge on any atom is 0.194 e. The summed E-state index contributed by atoms with van der Waals surface area (Å²) >= 11 is 0. The fraction of sp³-hybridized carbons (Fsp3) is 0.200. The van der Waals surface area contributed by atoms with Gasteiger partial charge in [-0.2, -0.15) is 0 Å². The minimum Gasteiger partial charge on any atom is -0.204 e. The van der Waals surface area contributed by atoms with Crippen LogP contribution in [-0.4, -0.2) is 0 Å². The van der Waals surface area contributed by atoms with E-state index >= 15 is 0 Å². The van der Waals surface area contributed by atoms with E-state index in [2.05, 4.69) is 6.92 Å². The summed E-state index contributed by atoms with van der Waals surface area (Å²) in [6, 6.07) is 9.42. The molecule has 0 N–H and O–H groups in total. The first-order valence-electron chi connectivity index (χ1n) is 5.85. The molecule has 18 heavy (non-hydrogen) atoms. The Morgan fingerprint density at radius 3 is 1.89 bits per heavy atom. The molecule has 0 bridgehead atoms. The highest BCUT2D eigenvalue weighted by Gasteiger charge is 2.11. The lowest BCUT2D eigenvalue weighted by Gasteiger charge is -2.05. The topological polar surface area (TPSA) is 0 Å². The summed E-state index contributed by atoms with van der Waals surface area (Å²) < 4.78 is 39.1. The Hall–Kier alpha value is -1.77. The van der Waals surface area contributed by atoms with Gasteiger partial charge >= 0.3 is 0 Å². The van der Waals surface area contributed by atoms with Gasteiger partial charge in [0.25, 0.3) is 0 Å². The summed E-state index contributed by atoms with van der Waals surface area (Å²) in [7, 11) is 0. The van der Waals surface area contributed by atoms with Crippen molar-refractivity contribution in [3.8, 4) is 11.1 Å². The van der Waals surface area contributed by atoms with E-state index in [0.29, 0.717) is 11.1 Å². The van der Waals surface area contributed by atoms with E-state index in [-0.39, 0.29) is 0 Å². The molecule has 0 aromatic heterocycles. The first kappa shape index (κ1) is 12.7. The van der Waals surface area contributed by atoms with E-state index < -0.39 is 17.5 Å². The monoisotopic (exact) mass is 250 g/mol. The maximum atomic E-state index is 13.1. The third-order valence-electron chi connectivity index (χ3n) is 2.81. The fourth-order valence-corrected chi connectivity index (χ4v) is 1.87. The lowest BCUT2D eigenvalue weighted by Crippen LogP contribution is -1.92. The second-order valence-electron chi connectivity index (χ2n) is 4.20. The van der Waals surface area contributed by atoms with Crippen molar-refractivity contribution in [1.29, 1.82) is 0 Å². The van der Waals surface area contributed by atoms with Gasteiger partial charge in [0.2, 0.25) is 0 Å². The molecule has 0 aliphatic heterocycles. The average Bonchev–Trinajstić information content (AvgIpc) is 2.37. The highest BCUT2D eigenvalue weighted by molar-refractivity contribution is 5.63. The van der Waals surface area contributed by atoms with Crippen LogP contribution < -0.4 is 0 Å². The number of rotatable bonds is 3. The van der Waals surface area contributed by atoms with Gasteiger partial charge in [0.15, 0.2) is 17.5 Å². The van der Waals surface area contributed by atoms with Crippen LogP contribution in [0.15, 0.2) is 36.4 Å². The molecule has 0 fully saturated rings. The lowest BCUT2D eigenvalue weighted by atomic mass is 10.0. The molecule has 2 rings (SSSR count). The van der Waals surface area contributed by atoms with Gasteiger partial charge in [-0.3, -0.25) is 0 Å². The van der Waals surface area contributed by atoms with Crippen LogP contribution in [0.4, 0.5) is 13.2 Å². The van der Waals surface area contributed by atoms with Crippen molar-refractivity contribution < 1.29 is 13.2 Å². The van der Waals surface area contributed by atoms with Crippen molar-refractivity contribution in [3.05, 3.63) is 59.4 Å². The Balaban J connectivity index is 2.36. The van der Waals surface area contributed by atoms with Crippen LogP contribution in [0.5, 0.6) is 0 Å². The molecule has 0 amide bonds. The average molecular weight is 250 g/mol. The quantitative estimate of drug-likeness (QED) is 0.691. The molecular weight excluding hydrogens is 237 g/mol. The molecule has 0 aliphatic rings. The van der Waals surface area contributed by atoms with Crippen LogP contribution in [0, 0.1) is 17.5 Å². The first-order valence-corrected chi connectivity index (χ1v) is 5.85. The number of hydrogen-bond acceptors (Lipinski definition) is 0. The molecule has 0 saturated heterocycles. The van der Waals surface area contributed by atoms with Crippen molar-refractivity contribution >= 4 is 0 Å². The predicted molar refractivity (Wildman–Crippen MR) is 65.7 cm³/mol. The molecule has 0 radical (unpaired) electrons. The third-order valence-corrected chi connectivity index (χ3v) is 2.81. The fourth-order valence-electron chi connectivity index (χ4n) is 1.87. The summed E-state index contributed by atoms with van der Waals surface area (Å²) in [5.74, 6) is -3.76. The van der Waals surface area contributed by atoms with Gasteiger partial charge in [0, 0.05) is 0 Å². The van der Waals surface area contributed by atoms with Crippen LogP contribution in [0.2, 0.25) is 0 Å². The lowest BCUT2D eigenvalue weighted by molar-refractivity contribution is 0.448. The predicted octanol–water partition coefficient (Wildman–Crippen LogP) is 4.72. The molecule has 0 heterocycles. The number of aryl methyl sites for hydroxylation is 1. The normalized spacial score (nSPS) is 10.7. The van der Waals surface area contributed by atoms with Crippen LogP contribution >= 0.6 is 0 Å². The van der Waals surface area contributed by atoms with Crippen molar-refractivity contribution in [3.63, 3.8) is 0 Å². The van der Waals surface area contributed by atoms with E-state index in [0.717, 1.165) is 25.0 Å². The minimum absolute atomic E-state index is 0.342. The summed E-state index contributed by atoms with van der Waals surface area (Å²) in [4.78, 5) is 0. The Bertz CT molecular complexity index is 521. The molecule has 0 saturated carbocycles. The van der Waals surface area contributed by atoms with E-state index in [4.69, 9.17) is 0 Å². The van der Waals surface area contributed by atoms with Gasteiger partial charge in [0.1, 0.15) is 0 Å². The SMILES string of the molecule is CCCc1ccc(-c2cc(F)c(F)c(F)c2)cc1. The van der Waals surface area contributed by atoms with Crippen molar-refractivity contribution in [2.45, 2.75) is 19.8 Å². The molecule has 2 aromatic rings. The van der Waals surface area contributed by atoms with E-state index in [1.807, 2.05) is 12.1 Å². The summed E-state index contributed by atoms with van der Waals surface area (Å²) in [5.41, 5.74) is 2.19. The van der Waals surface area contributed by atoms with Crippen molar-refractivity contribution in [1.82, 2.24) is 0 Å². The zero-order valence-corrected chi connectivity index (χ0v) is 10.0. The van der Waals surface area contributed by atoms with Gasteiger partial charge in [0.05, 0.1) is 0 Å². The Morgan fingerprint density at radius 1 is 0.833 bits per heavy atom. The summed E-state index contributed by atoms with van der Waals surface area (Å²) in [6.45, 7) is 2.08. The molecule has 0 nitrogen and oxygen atoms in total. The smallest absolute Gasteiger partial charge is 0.194 e. The van der Waals surface area contributed by atoms with Gasteiger partial charge in [-0.15, -0.1) is 0 Å². The zero-order chi connectivity index (χ0) is 13.1. The zero-order valence-electron chi connectivity index (χ0n) is 10.0. The standard InChI is InChI=1S/C15H13F3/c1-2-3-10-4-6-11(7-5-10)12-8-13(16)15(18)14(17)9-12/h4-9H,2-3H2,1H3. The number of benzene rings is 2. The van der Waals surface area contributed by atoms with E-state index in [9.17, 15) is 13.2 Å². The first-order chi connectivity index (χ1) is 8.61. The van der Waals surface area contributed by atoms with Crippen LogP contribution in [-0.2, 0) is 6.42 Å². The number of hydrogen-bond donors (Lipinski definition) is 0. The number of halogens is 3. The van der Waals surface area contributed by atoms with E-state index in [1.54, 1.807) is 12.1 Å². The Kier molecular flexibility index (Phi) is 3.70. The second kappa shape index (κ2) is 5.25. The Labute approximate surface area is 104 Å². The van der Waals surface area contributed by atoms with Gasteiger partial charge in [-0.1, -0.05) is 37.6 Å². The van der Waals surface area contributed by atoms with Crippen LogP contribution in [0.1, 0.15) is 18.9 Å². The van der Waals surface area contributed by atoms with Gasteiger partial charge < -0.3 is 0 Å². The molecule has 0 aliphatic carbocycles. The molecule has 2 aromatic carbocycles. The van der Waals surface area contributed by atoms with Crippen molar-refractivity contribution in [2.24, 2.45) is 0 Å².